The van der Waals surface area contributed by atoms with Gasteiger partial charge in [-0.3, -0.25) is 0 Å². The molecule has 0 saturated carbocycles. The van der Waals surface area contributed by atoms with Crippen LogP contribution in [-0.4, -0.2) is 4.57 Å². The quantitative estimate of drug-likeness (QED) is 0.154. The van der Waals surface area contributed by atoms with Gasteiger partial charge in [-0.25, -0.2) is 0 Å². The predicted molar refractivity (Wildman–Crippen MR) is 320 cm³/mol. The third kappa shape index (κ3) is 6.64. The lowest BCUT2D eigenvalue weighted by molar-refractivity contribution is 0.660. The Balaban J connectivity index is 0.883. The van der Waals surface area contributed by atoms with Gasteiger partial charge in [-0.15, -0.1) is 11.3 Å². The van der Waals surface area contributed by atoms with Crippen LogP contribution in [0.3, 0.4) is 0 Å². The minimum atomic E-state index is -0.216. The van der Waals surface area contributed by atoms with Gasteiger partial charge in [0.05, 0.1) is 16.7 Å². The summed E-state index contributed by atoms with van der Waals surface area (Å²) in [7, 11) is 0. The highest BCUT2D eigenvalue weighted by Crippen LogP contribution is 2.54. The van der Waals surface area contributed by atoms with Gasteiger partial charge in [0, 0.05) is 58.8 Å². The maximum absolute atomic E-state index is 2.52. The van der Waals surface area contributed by atoms with Crippen LogP contribution in [0.15, 0.2) is 243 Å². The van der Waals surface area contributed by atoms with Crippen LogP contribution in [0, 0.1) is 0 Å². The van der Waals surface area contributed by atoms with Crippen molar-refractivity contribution in [3.8, 4) is 61.3 Å². The van der Waals surface area contributed by atoms with Gasteiger partial charge in [-0.1, -0.05) is 179 Å². The van der Waals surface area contributed by atoms with Crippen molar-refractivity contribution in [2.24, 2.45) is 0 Å². The molecule has 0 fully saturated rings. The molecule has 0 unspecified atom stereocenters. The average Bonchev–Trinajstić information content (AvgIpc) is 4.14. The first-order chi connectivity index (χ1) is 36.7. The van der Waals surface area contributed by atoms with Crippen molar-refractivity contribution in [3.63, 3.8) is 0 Å². The predicted octanol–water partition coefficient (Wildman–Crippen LogP) is 20.2. The van der Waals surface area contributed by atoms with Gasteiger partial charge in [0.1, 0.15) is 0 Å². The fraction of sp³-hybridized carbons (Fsp3) is 0.0833. The van der Waals surface area contributed by atoms with Crippen LogP contribution < -0.4 is 4.90 Å². The number of anilines is 3. The van der Waals surface area contributed by atoms with Crippen LogP contribution in [0.4, 0.5) is 17.1 Å². The third-order valence-electron chi connectivity index (χ3n) is 16.8. The zero-order valence-electron chi connectivity index (χ0n) is 42.4. The SMILES string of the molecule is CC1(C)c2ccccc2-c2ccc(-c3ccc(N(c4ccc5c(c4)C(C)(C)c4cc(-c6ccccc6)ccc4-5)c4cccc5sc6ccc(-c7ccc8c(c7)c7ccccc7n8-c7ccccc7)cc6c45)cc3)cc21. The van der Waals surface area contributed by atoms with Gasteiger partial charge in [0.15, 0.2) is 0 Å². The van der Waals surface area contributed by atoms with Gasteiger partial charge < -0.3 is 9.47 Å². The van der Waals surface area contributed by atoms with Crippen molar-refractivity contribution in [3.05, 3.63) is 265 Å². The van der Waals surface area contributed by atoms with Crippen LogP contribution >= 0.6 is 11.3 Å². The molecule has 2 aliphatic rings. The summed E-state index contributed by atoms with van der Waals surface area (Å²) in [5, 5.41) is 5.04. The molecule has 75 heavy (non-hydrogen) atoms. The van der Waals surface area contributed by atoms with E-state index in [1.165, 1.54) is 131 Å². The van der Waals surface area contributed by atoms with E-state index in [0.717, 1.165) is 11.4 Å². The van der Waals surface area contributed by atoms with E-state index in [9.17, 15) is 0 Å². The Labute approximate surface area is 442 Å². The first-order valence-corrected chi connectivity index (χ1v) is 27.0. The van der Waals surface area contributed by atoms with E-state index in [1.54, 1.807) is 0 Å². The molecular formula is C72H52N2S. The van der Waals surface area contributed by atoms with Gasteiger partial charge in [0.2, 0.25) is 0 Å². The second kappa shape index (κ2) is 16.4. The lowest BCUT2D eigenvalue weighted by Gasteiger charge is -2.29. The highest BCUT2D eigenvalue weighted by Gasteiger charge is 2.37. The van der Waals surface area contributed by atoms with E-state index in [2.05, 4.69) is 280 Å². The molecule has 0 spiro atoms. The number of thiophene rings is 1. The molecule has 2 heterocycles. The van der Waals surface area contributed by atoms with Crippen LogP contribution in [0.1, 0.15) is 49.9 Å². The lowest BCUT2D eigenvalue weighted by atomic mass is 9.81. The number of aromatic nitrogens is 1. The second-order valence-electron chi connectivity index (χ2n) is 21.7. The molecule has 0 amide bonds. The van der Waals surface area contributed by atoms with Crippen LogP contribution in [-0.2, 0) is 10.8 Å². The fourth-order valence-electron chi connectivity index (χ4n) is 13.0. The number of fused-ring (bicyclic) bond motifs is 12. The number of hydrogen-bond donors (Lipinski definition) is 0. The molecule has 0 saturated heterocycles. The molecule has 0 bridgehead atoms. The number of hydrogen-bond acceptors (Lipinski definition) is 2. The van der Waals surface area contributed by atoms with Crippen molar-refractivity contribution in [1.29, 1.82) is 0 Å². The minimum absolute atomic E-state index is 0.0693. The Hall–Kier alpha value is -8.76. The molecule has 2 aliphatic carbocycles. The van der Waals surface area contributed by atoms with Crippen molar-refractivity contribution in [1.82, 2.24) is 4.57 Å². The van der Waals surface area contributed by atoms with Crippen LogP contribution in [0.25, 0.3) is 103 Å². The van der Waals surface area contributed by atoms with E-state index >= 15 is 0 Å². The topological polar surface area (TPSA) is 8.17 Å². The molecule has 13 aromatic rings. The summed E-state index contributed by atoms with van der Waals surface area (Å²) in [5.74, 6) is 0. The monoisotopic (exact) mass is 976 g/mol. The number of benzene rings is 11. The average molecular weight is 977 g/mol. The molecule has 2 aromatic heterocycles. The first kappa shape index (κ1) is 43.8. The zero-order valence-corrected chi connectivity index (χ0v) is 43.2. The molecule has 2 nitrogen and oxygen atoms in total. The first-order valence-electron chi connectivity index (χ1n) is 26.2. The Morgan fingerprint density at radius 2 is 0.853 bits per heavy atom. The largest absolute Gasteiger partial charge is 0.310 e. The number of nitrogens with zero attached hydrogens (tertiary/aromatic N) is 2. The number of para-hydroxylation sites is 2. The van der Waals surface area contributed by atoms with E-state index in [4.69, 9.17) is 0 Å². The van der Waals surface area contributed by atoms with Gasteiger partial charge in [-0.2, -0.15) is 0 Å². The molecule has 15 rings (SSSR count). The molecule has 0 N–H and O–H groups in total. The molecular weight excluding hydrogens is 925 g/mol. The summed E-state index contributed by atoms with van der Waals surface area (Å²) >= 11 is 1.88. The Morgan fingerprint density at radius 1 is 0.333 bits per heavy atom. The van der Waals surface area contributed by atoms with E-state index in [1.807, 2.05) is 11.3 Å². The van der Waals surface area contributed by atoms with Crippen LogP contribution in [0.5, 0.6) is 0 Å². The van der Waals surface area contributed by atoms with E-state index in [0.29, 0.717) is 0 Å². The van der Waals surface area contributed by atoms with E-state index in [-0.39, 0.29) is 10.8 Å². The standard InChI is InChI=1S/C72H52N2S/c1-71(2)61-22-13-11-20-54(61)55-35-29-50(43-62(55)71)46-26-32-52(33-27-46)73(53-34-37-57-56-36-28-49(45-16-7-5-8-17-45)42-63(56)72(3,4)64(57)44-53)67-24-15-25-69-70(67)60-41-48(31-39-68(60)75-69)47-30-38-66-59(40-47)58-21-12-14-23-65(58)74(66)51-18-9-6-10-19-51/h5-44H,1-4H3. The summed E-state index contributed by atoms with van der Waals surface area (Å²) in [4.78, 5) is 2.52. The number of rotatable bonds is 7. The van der Waals surface area contributed by atoms with Gasteiger partial charge in [-0.05, 0) is 169 Å². The molecule has 0 atom stereocenters. The van der Waals surface area contributed by atoms with Gasteiger partial charge in [0.25, 0.3) is 0 Å². The molecule has 356 valence electrons. The lowest BCUT2D eigenvalue weighted by Crippen LogP contribution is -2.16. The van der Waals surface area contributed by atoms with Crippen molar-refractivity contribution < 1.29 is 0 Å². The van der Waals surface area contributed by atoms with Crippen molar-refractivity contribution in [2.45, 2.75) is 38.5 Å². The summed E-state index contributed by atoms with van der Waals surface area (Å²) in [6, 6.07) is 90.8. The summed E-state index contributed by atoms with van der Waals surface area (Å²) in [5.41, 5.74) is 24.9. The maximum atomic E-state index is 2.52. The molecule has 0 aliphatic heterocycles. The molecule has 3 heteroatoms. The normalized spacial score (nSPS) is 13.8. The van der Waals surface area contributed by atoms with Crippen molar-refractivity contribution in [2.75, 3.05) is 4.90 Å². The fourth-order valence-corrected chi connectivity index (χ4v) is 14.1. The second-order valence-corrected chi connectivity index (χ2v) is 22.8. The van der Waals surface area contributed by atoms with Gasteiger partial charge >= 0.3 is 0 Å². The smallest absolute Gasteiger partial charge is 0.0554 e. The molecule has 0 radical (unpaired) electrons. The van der Waals surface area contributed by atoms with Crippen molar-refractivity contribution >= 4 is 70.4 Å². The minimum Gasteiger partial charge on any atom is -0.310 e. The third-order valence-corrected chi connectivity index (χ3v) is 17.9. The zero-order chi connectivity index (χ0) is 50.2. The van der Waals surface area contributed by atoms with E-state index < -0.39 is 0 Å². The summed E-state index contributed by atoms with van der Waals surface area (Å²) < 4.78 is 4.94. The summed E-state index contributed by atoms with van der Waals surface area (Å²) in [6.45, 7) is 9.53. The highest BCUT2D eigenvalue weighted by molar-refractivity contribution is 7.26. The maximum Gasteiger partial charge on any atom is 0.0554 e. The highest BCUT2D eigenvalue weighted by atomic mass is 32.1. The van der Waals surface area contributed by atoms with Crippen LogP contribution in [0.2, 0.25) is 0 Å². The molecule has 11 aromatic carbocycles. The Bertz CT molecular complexity index is 4460. The Morgan fingerprint density at radius 3 is 1.60 bits per heavy atom. The summed E-state index contributed by atoms with van der Waals surface area (Å²) in [6.07, 6.45) is 0. The Kier molecular flexibility index (Phi) is 9.56.